The molecule has 0 spiro atoms. The molecular weight excluding hydrogens is 356 g/mol. The van der Waals surface area contributed by atoms with Crippen LogP contribution < -0.4 is 20.1 Å². The highest BCUT2D eigenvalue weighted by molar-refractivity contribution is 6.32. The molecule has 0 radical (unpaired) electrons. The number of halogens is 1. The third-order valence-electron chi connectivity index (χ3n) is 3.42. The van der Waals surface area contributed by atoms with Crippen molar-refractivity contribution < 1.29 is 19.0 Å². The Bertz CT molecular complexity index is 707. The van der Waals surface area contributed by atoms with Crippen LogP contribution in [0, 0.1) is 0 Å². The number of amides is 2. The monoisotopic (exact) mass is 378 g/mol. The maximum absolute atomic E-state index is 12.0. The Balaban J connectivity index is 1.80. The van der Waals surface area contributed by atoms with Gasteiger partial charge in [0.05, 0.1) is 18.2 Å². The number of ether oxygens (including phenoxy) is 3. The van der Waals surface area contributed by atoms with Gasteiger partial charge in [0, 0.05) is 19.3 Å². The van der Waals surface area contributed by atoms with Gasteiger partial charge in [-0.3, -0.25) is 0 Å². The molecule has 2 N–H and O–H groups in total. The summed E-state index contributed by atoms with van der Waals surface area (Å²) in [4.78, 5) is 12.0. The van der Waals surface area contributed by atoms with Crippen LogP contribution in [0.25, 0.3) is 0 Å². The predicted octanol–water partition coefficient (Wildman–Crippen LogP) is 4.09. The first-order valence-electron chi connectivity index (χ1n) is 8.30. The van der Waals surface area contributed by atoms with Gasteiger partial charge in [0.2, 0.25) is 0 Å². The van der Waals surface area contributed by atoms with Crippen molar-refractivity contribution in [1.82, 2.24) is 5.32 Å². The third kappa shape index (κ3) is 6.46. The summed E-state index contributed by atoms with van der Waals surface area (Å²) in [6.07, 6.45) is 0. The van der Waals surface area contributed by atoms with Crippen LogP contribution in [0.4, 0.5) is 10.5 Å². The average molecular weight is 379 g/mol. The zero-order valence-corrected chi connectivity index (χ0v) is 15.6. The van der Waals surface area contributed by atoms with Crippen molar-refractivity contribution in [2.24, 2.45) is 0 Å². The van der Waals surface area contributed by atoms with E-state index >= 15 is 0 Å². The summed E-state index contributed by atoms with van der Waals surface area (Å²) in [7, 11) is 1.63. The van der Waals surface area contributed by atoms with E-state index in [4.69, 9.17) is 25.8 Å². The molecule has 2 aromatic rings. The molecular formula is C19H23ClN2O4. The van der Waals surface area contributed by atoms with Crippen molar-refractivity contribution in [2.45, 2.75) is 13.5 Å². The largest absolute Gasteiger partial charge is 0.492 e. The summed E-state index contributed by atoms with van der Waals surface area (Å²) in [5.41, 5.74) is 1.56. The minimum absolute atomic E-state index is 0.314. The van der Waals surface area contributed by atoms with E-state index in [0.717, 1.165) is 11.3 Å². The van der Waals surface area contributed by atoms with Gasteiger partial charge < -0.3 is 24.8 Å². The predicted molar refractivity (Wildman–Crippen MR) is 102 cm³/mol. The summed E-state index contributed by atoms with van der Waals surface area (Å²) in [6, 6.07) is 12.3. The molecule has 2 rings (SSSR count). The average Bonchev–Trinajstić information content (AvgIpc) is 2.64. The van der Waals surface area contributed by atoms with Crippen LogP contribution in [-0.4, -0.2) is 33.0 Å². The highest BCUT2D eigenvalue weighted by atomic mass is 35.5. The Labute approximate surface area is 158 Å². The van der Waals surface area contributed by atoms with Crippen molar-refractivity contribution in [3.8, 4) is 11.5 Å². The van der Waals surface area contributed by atoms with E-state index in [9.17, 15) is 4.79 Å². The summed E-state index contributed by atoms with van der Waals surface area (Å²) < 4.78 is 15.8. The number of nitrogens with one attached hydrogen (secondary N) is 2. The Kier molecular flexibility index (Phi) is 8.05. The van der Waals surface area contributed by atoms with Crippen LogP contribution in [0.3, 0.4) is 0 Å². The summed E-state index contributed by atoms with van der Waals surface area (Å²) >= 11 is 6.11. The normalized spacial score (nSPS) is 10.3. The zero-order chi connectivity index (χ0) is 18.8. The number of carbonyl (C=O) groups is 1. The van der Waals surface area contributed by atoms with Gasteiger partial charge in [-0.15, -0.1) is 0 Å². The van der Waals surface area contributed by atoms with Gasteiger partial charge in [-0.25, -0.2) is 4.79 Å². The molecule has 0 aliphatic carbocycles. The van der Waals surface area contributed by atoms with Gasteiger partial charge >= 0.3 is 6.03 Å². The lowest BCUT2D eigenvalue weighted by molar-refractivity contribution is 0.146. The van der Waals surface area contributed by atoms with E-state index in [-0.39, 0.29) is 6.03 Å². The number of carbonyl (C=O) groups excluding carboxylic acids is 1. The Morgan fingerprint density at radius 1 is 1.08 bits per heavy atom. The molecule has 0 saturated heterocycles. The molecule has 0 heterocycles. The standard InChI is InChI=1S/C19H23ClN2O4/c1-3-25-18-9-6-15(12-17(18)20)22-19(23)21-13-14-4-7-16(8-5-14)26-11-10-24-2/h4-9,12H,3,10-11,13H2,1-2H3,(H2,21,22,23). The van der Waals surface area contributed by atoms with Crippen molar-refractivity contribution >= 4 is 23.3 Å². The fraction of sp³-hybridized carbons (Fsp3) is 0.316. The number of hydrogen-bond acceptors (Lipinski definition) is 4. The molecule has 140 valence electrons. The second-order valence-electron chi connectivity index (χ2n) is 5.37. The number of anilines is 1. The fourth-order valence-corrected chi connectivity index (χ4v) is 2.39. The molecule has 0 aliphatic heterocycles. The van der Waals surface area contributed by atoms with Crippen LogP contribution in [-0.2, 0) is 11.3 Å². The van der Waals surface area contributed by atoms with Gasteiger partial charge in [0.15, 0.2) is 0 Å². The van der Waals surface area contributed by atoms with E-state index in [1.54, 1.807) is 25.3 Å². The first kappa shape index (κ1) is 19.9. The highest BCUT2D eigenvalue weighted by Crippen LogP contribution is 2.27. The number of benzene rings is 2. The first-order valence-corrected chi connectivity index (χ1v) is 8.68. The molecule has 0 unspecified atom stereocenters. The van der Waals surface area contributed by atoms with Crippen LogP contribution in [0.5, 0.6) is 11.5 Å². The third-order valence-corrected chi connectivity index (χ3v) is 3.72. The van der Waals surface area contributed by atoms with Crippen LogP contribution in [0.2, 0.25) is 5.02 Å². The van der Waals surface area contributed by atoms with E-state index in [0.29, 0.717) is 42.8 Å². The number of urea groups is 1. The van der Waals surface area contributed by atoms with Gasteiger partial charge in [-0.2, -0.15) is 0 Å². The SMILES string of the molecule is CCOc1ccc(NC(=O)NCc2ccc(OCCOC)cc2)cc1Cl. The lowest BCUT2D eigenvalue weighted by atomic mass is 10.2. The second kappa shape index (κ2) is 10.5. The van der Waals surface area contributed by atoms with Crippen molar-refractivity contribution in [2.75, 3.05) is 32.2 Å². The number of hydrogen-bond donors (Lipinski definition) is 2. The van der Waals surface area contributed by atoms with Gasteiger partial charge in [0.25, 0.3) is 0 Å². The molecule has 0 bridgehead atoms. The zero-order valence-electron chi connectivity index (χ0n) is 14.9. The summed E-state index contributed by atoms with van der Waals surface area (Å²) in [6.45, 7) is 3.85. The molecule has 0 aromatic heterocycles. The topological polar surface area (TPSA) is 68.8 Å². The van der Waals surface area contributed by atoms with Gasteiger partial charge in [0.1, 0.15) is 18.1 Å². The molecule has 6 nitrogen and oxygen atoms in total. The van der Waals surface area contributed by atoms with Crippen LogP contribution >= 0.6 is 11.6 Å². The van der Waals surface area contributed by atoms with E-state index in [1.165, 1.54) is 0 Å². The smallest absolute Gasteiger partial charge is 0.319 e. The maximum Gasteiger partial charge on any atom is 0.319 e. The van der Waals surface area contributed by atoms with Crippen molar-refractivity contribution in [1.29, 1.82) is 0 Å². The maximum atomic E-state index is 12.0. The molecule has 7 heteroatoms. The molecule has 2 amide bonds. The summed E-state index contributed by atoms with van der Waals surface area (Å²) in [5.74, 6) is 1.35. The Morgan fingerprint density at radius 2 is 1.85 bits per heavy atom. The van der Waals surface area contributed by atoms with Crippen molar-refractivity contribution in [3.05, 3.63) is 53.1 Å². The molecule has 0 fully saturated rings. The number of rotatable bonds is 9. The number of methoxy groups -OCH3 is 1. The summed E-state index contributed by atoms with van der Waals surface area (Å²) in [5, 5.41) is 5.99. The quantitative estimate of drug-likeness (QED) is 0.645. The lowest BCUT2D eigenvalue weighted by Gasteiger charge is -2.11. The minimum Gasteiger partial charge on any atom is -0.492 e. The molecule has 0 atom stereocenters. The molecule has 0 aliphatic rings. The Hall–Kier alpha value is -2.44. The molecule has 2 aromatic carbocycles. The Morgan fingerprint density at radius 3 is 2.50 bits per heavy atom. The molecule has 26 heavy (non-hydrogen) atoms. The van der Waals surface area contributed by atoms with E-state index in [2.05, 4.69) is 10.6 Å². The second-order valence-corrected chi connectivity index (χ2v) is 5.78. The van der Waals surface area contributed by atoms with Gasteiger partial charge in [-0.05, 0) is 42.8 Å². The lowest BCUT2D eigenvalue weighted by Crippen LogP contribution is -2.28. The van der Waals surface area contributed by atoms with Crippen LogP contribution in [0.15, 0.2) is 42.5 Å². The van der Waals surface area contributed by atoms with Crippen molar-refractivity contribution in [3.63, 3.8) is 0 Å². The van der Waals surface area contributed by atoms with E-state index in [1.807, 2.05) is 31.2 Å². The first-order chi connectivity index (χ1) is 12.6. The van der Waals surface area contributed by atoms with E-state index < -0.39 is 0 Å². The van der Waals surface area contributed by atoms with Crippen LogP contribution in [0.1, 0.15) is 12.5 Å². The van der Waals surface area contributed by atoms with Gasteiger partial charge in [-0.1, -0.05) is 23.7 Å². The molecule has 0 saturated carbocycles. The fourth-order valence-electron chi connectivity index (χ4n) is 2.16. The highest BCUT2D eigenvalue weighted by Gasteiger charge is 2.06. The minimum atomic E-state index is -0.314.